The molecule has 0 aromatic heterocycles. The zero-order valence-electron chi connectivity index (χ0n) is 19.2. The Hall–Kier alpha value is -0.460. The molecule has 0 spiro atoms. The maximum absolute atomic E-state index is 12.5. The summed E-state index contributed by atoms with van der Waals surface area (Å²) in [5.41, 5.74) is 0. The number of carboxylic acids is 1. The number of hydrogen-bond donors (Lipinski definition) is 2. The third kappa shape index (κ3) is 15.1. The third-order valence-electron chi connectivity index (χ3n) is 5.31. The van der Waals surface area contributed by atoms with Crippen LogP contribution in [0, 0.1) is 5.92 Å². The Labute approximate surface area is 187 Å². The maximum atomic E-state index is 12.5. The highest BCUT2D eigenvalue weighted by molar-refractivity contribution is 9.10. The predicted molar refractivity (Wildman–Crippen MR) is 123 cm³/mol. The molecule has 0 aromatic rings. The molecule has 0 saturated carbocycles. The average molecular weight is 480 g/mol. The number of aliphatic carboxylic acids is 1. The van der Waals surface area contributed by atoms with Crippen LogP contribution in [0.25, 0.3) is 0 Å². The summed E-state index contributed by atoms with van der Waals surface area (Å²) in [5.74, 6) is -3.02. The summed E-state index contributed by atoms with van der Waals surface area (Å²) in [6.07, 6.45) is 14.5. The van der Waals surface area contributed by atoms with Crippen LogP contribution in [0.2, 0.25) is 0 Å². The lowest BCUT2D eigenvalue weighted by Crippen LogP contribution is -2.49. The van der Waals surface area contributed by atoms with E-state index in [4.69, 9.17) is 0 Å². The second-order valence-corrected chi connectivity index (χ2v) is 10.5. The highest BCUT2D eigenvalue weighted by Gasteiger charge is 2.39. The number of nitrogens with zero attached hydrogens (tertiary/aromatic N) is 1. The standard InChI is InChI=1S/C23H44BrNO4/c1-5-6-7-8-9-10-11-12-13-14-15-16-17-19(24)22(27)21(23(28)29)20(26)18-25(2,3)4/h19-21,26H,5-18H2,1-4H3/p+1. The largest absolute Gasteiger partial charge is 0.481 e. The second kappa shape index (κ2) is 16.3. The molecule has 29 heavy (non-hydrogen) atoms. The van der Waals surface area contributed by atoms with Crippen LogP contribution in [-0.4, -0.2) is 65.1 Å². The van der Waals surface area contributed by atoms with E-state index < -0.39 is 28.6 Å². The minimum absolute atomic E-state index is 0.223. The van der Waals surface area contributed by atoms with Gasteiger partial charge < -0.3 is 14.7 Å². The quantitative estimate of drug-likeness (QED) is 0.116. The van der Waals surface area contributed by atoms with Gasteiger partial charge in [-0.25, -0.2) is 0 Å². The Bertz CT molecular complexity index is 451. The number of hydrogen-bond acceptors (Lipinski definition) is 3. The first-order chi connectivity index (χ1) is 13.6. The molecular weight excluding hydrogens is 434 g/mol. The lowest BCUT2D eigenvalue weighted by molar-refractivity contribution is -0.873. The van der Waals surface area contributed by atoms with Crippen molar-refractivity contribution in [1.29, 1.82) is 0 Å². The van der Waals surface area contributed by atoms with Crippen molar-refractivity contribution in [3.05, 3.63) is 0 Å². The van der Waals surface area contributed by atoms with Crippen molar-refractivity contribution in [3.63, 3.8) is 0 Å². The van der Waals surface area contributed by atoms with E-state index in [1.807, 2.05) is 21.1 Å². The summed E-state index contributed by atoms with van der Waals surface area (Å²) >= 11 is 3.36. The molecule has 2 N–H and O–H groups in total. The number of alkyl halides is 1. The van der Waals surface area contributed by atoms with Crippen molar-refractivity contribution in [2.45, 2.75) is 101 Å². The Morgan fingerprint density at radius 3 is 1.62 bits per heavy atom. The van der Waals surface area contributed by atoms with E-state index in [0.29, 0.717) is 10.9 Å². The zero-order valence-corrected chi connectivity index (χ0v) is 20.8. The molecular formula is C23H45BrNO4+. The van der Waals surface area contributed by atoms with Gasteiger partial charge in [-0.1, -0.05) is 99.9 Å². The number of carbonyl (C=O) groups excluding carboxylic acids is 1. The average Bonchev–Trinajstić information content (AvgIpc) is 2.60. The molecule has 0 amide bonds. The molecule has 0 bridgehead atoms. The summed E-state index contributed by atoms with van der Waals surface area (Å²) in [4.78, 5) is 23.6. The van der Waals surface area contributed by atoms with E-state index in [1.165, 1.54) is 57.8 Å². The minimum atomic E-state index is -1.37. The van der Waals surface area contributed by atoms with Gasteiger partial charge in [0.2, 0.25) is 0 Å². The van der Waals surface area contributed by atoms with Crippen molar-refractivity contribution in [1.82, 2.24) is 0 Å². The number of likely N-dealkylation sites (N-methyl/N-ethyl adjacent to an activating group) is 1. The number of quaternary nitrogens is 1. The molecule has 0 saturated heterocycles. The van der Waals surface area contributed by atoms with Crippen molar-refractivity contribution in [2.75, 3.05) is 27.7 Å². The molecule has 0 fully saturated rings. The minimum Gasteiger partial charge on any atom is -0.481 e. The second-order valence-electron chi connectivity index (χ2n) is 9.40. The fourth-order valence-electron chi connectivity index (χ4n) is 3.64. The van der Waals surface area contributed by atoms with Gasteiger partial charge in [0.15, 0.2) is 5.78 Å². The van der Waals surface area contributed by atoms with Gasteiger partial charge in [-0.15, -0.1) is 0 Å². The Morgan fingerprint density at radius 2 is 1.24 bits per heavy atom. The SMILES string of the molecule is CCCCCCCCCCCCCCC(Br)C(=O)C(C(=O)O)C(O)C[N+](C)(C)C. The number of carbonyl (C=O) groups is 2. The molecule has 6 heteroatoms. The molecule has 0 rings (SSSR count). The van der Waals surface area contributed by atoms with Crippen molar-refractivity contribution in [2.24, 2.45) is 5.92 Å². The van der Waals surface area contributed by atoms with Crippen LogP contribution in [0.5, 0.6) is 0 Å². The van der Waals surface area contributed by atoms with E-state index >= 15 is 0 Å². The van der Waals surface area contributed by atoms with Gasteiger partial charge in [0.05, 0.1) is 26.0 Å². The van der Waals surface area contributed by atoms with Gasteiger partial charge in [0.1, 0.15) is 18.6 Å². The summed E-state index contributed by atoms with van der Waals surface area (Å²) < 4.78 is 0.407. The molecule has 5 nitrogen and oxygen atoms in total. The first kappa shape index (κ1) is 28.5. The number of rotatable bonds is 19. The van der Waals surface area contributed by atoms with Crippen LogP contribution in [0.15, 0.2) is 0 Å². The van der Waals surface area contributed by atoms with E-state index in [-0.39, 0.29) is 6.54 Å². The number of carboxylic acid groups (broad SMARTS) is 1. The predicted octanol–water partition coefficient (Wildman–Crippen LogP) is 5.18. The molecule has 0 aliphatic carbocycles. The van der Waals surface area contributed by atoms with E-state index in [9.17, 15) is 19.8 Å². The lowest BCUT2D eigenvalue weighted by atomic mass is 9.92. The summed E-state index contributed by atoms with van der Waals surface area (Å²) in [6.45, 7) is 2.47. The fraction of sp³-hybridized carbons (Fsp3) is 0.913. The van der Waals surface area contributed by atoms with E-state index in [0.717, 1.165) is 19.3 Å². The third-order valence-corrected chi connectivity index (χ3v) is 6.22. The maximum Gasteiger partial charge on any atom is 0.317 e. The number of aliphatic hydroxyl groups is 1. The van der Waals surface area contributed by atoms with E-state index in [2.05, 4.69) is 22.9 Å². The molecule has 3 unspecified atom stereocenters. The first-order valence-electron chi connectivity index (χ1n) is 11.5. The van der Waals surface area contributed by atoms with Gasteiger partial charge in [0, 0.05) is 0 Å². The number of Topliss-reactive ketones (excluding diaryl/α,β-unsaturated/α-hetero) is 1. The number of aliphatic hydroxyl groups excluding tert-OH is 1. The molecule has 0 heterocycles. The molecule has 3 atom stereocenters. The lowest BCUT2D eigenvalue weighted by Gasteiger charge is -2.29. The van der Waals surface area contributed by atoms with Crippen LogP contribution in [0.4, 0.5) is 0 Å². The van der Waals surface area contributed by atoms with Crippen LogP contribution in [0.1, 0.15) is 90.4 Å². The monoisotopic (exact) mass is 478 g/mol. The van der Waals surface area contributed by atoms with Crippen molar-refractivity contribution < 1.29 is 24.3 Å². The summed E-state index contributed by atoms with van der Waals surface area (Å²) in [6, 6.07) is 0. The molecule has 0 aliphatic rings. The van der Waals surface area contributed by atoms with Gasteiger partial charge in [-0.05, 0) is 6.42 Å². The van der Waals surface area contributed by atoms with Crippen LogP contribution >= 0.6 is 15.9 Å². The number of halogens is 1. The van der Waals surface area contributed by atoms with Crippen LogP contribution < -0.4 is 0 Å². The van der Waals surface area contributed by atoms with Gasteiger partial charge >= 0.3 is 5.97 Å². The smallest absolute Gasteiger partial charge is 0.317 e. The highest BCUT2D eigenvalue weighted by atomic mass is 79.9. The normalized spacial score (nSPS) is 15.1. The Balaban J connectivity index is 3.98. The van der Waals surface area contributed by atoms with Gasteiger partial charge in [-0.3, -0.25) is 9.59 Å². The Morgan fingerprint density at radius 1 is 0.828 bits per heavy atom. The first-order valence-corrected chi connectivity index (χ1v) is 12.4. The molecule has 172 valence electrons. The number of unbranched alkanes of at least 4 members (excludes halogenated alkanes) is 11. The molecule has 0 aliphatic heterocycles. The van der Waals surface area contributed by atoms with E-state index in [1.54, 1.807) is 0 Å². The Kier molecular flexibility index (Phi) is 16.0. The topological polar surface area (TPSA) is 74.6 Å². The van der Waals surface area contributed by atoms with Crippen molar-refractivity contribution in [3.8, 4) is 0 Å². The van der Waals surface area contributed by atoms with Crippen LogP contribution in [-0.2, 0) is 9.59 Å². The summed E-state index contributed by atoms with van der Waals surface area (Å²) in [7, 11) is 5.60. The van der Waals surface area contributed by atoms with Crippen molar-refractivity contribution >= 4 is 27.7 Å². The zero-order chi connectivity index (χ0) is 22.3. The van der Waals surface area contributed by atoms with Gasteiger partial charge in [-0.2, -0.15) is 0 Å². The van der Waals surface area contributed by atoms with Crippen LogP contribution in [0.3, 0.4) is 0 Å². The molecule has 0 aromatic carbocycles. The van der Waals surface area contributed by atoms with Gasteiger partial charge in [0.25, 0.3) is 0 Å². The number of ketones is 1. The fourth-order valence-corrected chi connectivity index (χ4v) is 4.25. The molecule has 0 radical (unpaired) electrons. The highest BCUT2D eigenvalue weighted by Crippen LogP contribution is 2.21. The summed E-state index contributed by atoms with van der Waals surface area (Å²) in [5, 5.41) is 19.7.